The van der Waals surface area contributed by atoms with Crippen LogP contribution in [0.1, 0.15) is 27.9 Å². The summed E-state index contributed by atoms with van der Waals surface area (Å²) in [6, 6.07) is 12.7. The molecule has 0 bridgehead atoms. The van der Waals surface area contributed by atoms with Gasteiger partial charge in [0, 0.05) is 56.7 Å². The van der Waals surface area contributed by atoms with Crippen LogP contribution < -0.4 is 9.47 Å². The van der Waals surface area contributed by atoms with Crippen molar-refractivity contribution in [1.82, 2.24) is 29.0 Å². The van der Waals surface area contributed by atoms with Gasteiger partial charge in [0.1, 0.15) is 5.69 Å². The minimum Gasteiger partial charge on any atom is -0.493 e. The first-order chi connectivity index (χ1) is 17.4. The molecule has 186 valence electrons. The van der Waals surface area contributed by atoms with Crippen molar-refractivity contribution >= 4 is 17.5 Å². The van der Waals surface area contributed by atoms with Gasteiger partial charge in [0.2, 0.25) is 0 Å². The maximum Gasteiger partial charge on any atom is 0.274 e. The van der Waals surface area contributed by atoms with Crippen LogP contribution in [-0.4, -0.2) is 80.7 Å². The summed E-state index contributed by atoms with van der Waals surface area (Å²) in [6.07, 6.45) is 3.54. The summed E-state index contributed by atoms with van der Waals surface area (Å²) >= 11 is 0. The maximum atomic E-state index is 13.4. The number of aryl methyl sites for hydroxylation is 1. The van der Waals surface area contributed by atoms with E-state index in [1.807, 2.05) is 66.0 Å². The van der Waals surface area contributed by atoms with Crippen molar-refractivity contribution < 1.29 is 19.1 Å². The molecular formula is C26H28N6O4. The van der Waals surface area contributed by atoms with Crippen LogP contribution in [0.15, 0.2) is 54.9 Å². The molecule has 36 heavy (non-hydrogen) atoms. The normalized spacial score (nSPS) is 15.8. The van der Waals surface area contributed by atoms with E-state index in [1.54, 1.807) is 35.9 Å². The third-order valence-electron chi connectivity index (χ3n) is 6.59. The van der Waals surface area contributed by atoms with E-state index in [9.17, 15) is 9.59 Å². The first-order valence-electron chi connectivity index (χ1n) is 11.7. The molecule has 0 N–H and O–H groups in total. The van der Waals surface area contributed by atoms with Crippen molar-refractivity contribution in [2.24, 2.45) is 7.05 Å². The van der Waals surface area contributed by atoms with Gasteiger partial charge < -0.3 is 23.8 Å². The van der Waals surface area contributed by atoms with Crippen molar-refractivity contribution in [3.63, 3.8) is 0 Å². The fourth-order valence-corrected chi connectivity index (χ4v) is 4.65. The van der Waals surface area contributed by atoms with E-state index in [2.05, 4.69) is 10.1 Å². The quantitative estimate of drug-likeness (QED) is 0.429. The minimum atomic E-state index is -0.184. The lowest BCUT2D eigenvalue weighted by molar-refractivity contribution is 0.0405. The highest BCUT2D eigenvalue weighted by Crippen LogP contribution is 2.32. The lowest BCUT2D eigenvalue weighted by atomic mass is 10.1. The molecule has 0 spiro atoms. The van der Waals surface area contributed by atoms with Crippen LogP contribution in [0.3, 0.4) is 0 Å². The topological polar surface area (TPSA) is 94.2 Å². The fraction of sp³-hybridized carbons (Fsp3) is 0.308. The maximum absolute atomic E-state index is 13.4. The Balaban J connectivity index is 1.38. The molecule has 10 nitrogen and oxygen atoms in total. The van der Waals surface area contributed by atoms with E-state index in [0.29, 0.717) is 48.2 Å². The highest BCUT2D eigenvalue weighted by molar-refractivity contribution is 5.95. The van der Waals surface area contributed by atoms with Crippen molar-refractivity contribution in [2.45, 2.75) is 13.0 Å². The van der Waals surface area contributed by atoms with E-state index in [0.717, 1.165) is 11.3 Å². The van der Waals surface area contributed by atoms with Gasteiger partial charge in [0.25, 0.3) is 11.8 Å². The summed E-state index contributed by atoms with van der Waals surface area (Å²) < 4.78 is 14.2. The van der Waals surface area contributed by atoms with Crippen LogP contribution in [0.4, 0.5) is 0 Å². The summed E-state index contributed by atoms with van der Waals surface area (Å²) in [5.41, 5.74) is 3.13. The first kappa shape index (κ1) is 23.4. The second-order valence-electron chi connectivity index (χ2n) is 8.80. The largest absolute Gasteiger partial charge is 0.493 e. The van der Waals surface area contributed by atoms with Crippen LogP contribution in [0, 0.1) is 0 Å². The van der Waals surface area contributed by atoms with Gasteiger partial charge in [-0.1, -0.05) is 0 Å². The summed E-state index contributed by atoms with van der Waals surface area (Å²) in [5.74, 6) is 1.01. The molecule has 2 amide bonds. The van der Waals surface area contributed by atoms with Crippen LogP contribution in [-0.2, 0) is 7.05 Å². The van der Waals surface area contributed by atoms with Crippen molar-refractivity contribution in [1.29, 1.82) is 0 Å². The predicted molar refractivity (Wildman–Crippen MR) is 133 cm³/mol. The summed E-state index contributed by atoms with van der Waals surface area (Å²) in [7, 11) is 5.03. The Hall–Kier alpha value is -4.34. The Morgan fingerprint density at radius 1 is 1.00 bits per heavy atom. The number of methoxy groups -OCH3 is 2. The Bertz CT molecular complexity index is 1440. The number of rotatable bonds is 5. The van der Waals surface area contributed by atoms with Crippen LogP contribution in [0.2, 0.25) is 0 Å². The number of fused-ring (bicyclic) bond motifs is 1. The molecule has 10 heteroatoms. The zero-order valence-corrected chi connectivity index (χ0v) is 20.7. The van der Waals surface area contributed by atoms with Crippen LogP contribution >= 0.6 is 0 Å². The van der Waals surface area contributed by atoms with Gasteiger partial charge in [0.05, 0.1) is 19.9 Å². The second-order valence-corrected chi connectivity index (χ2v) is 8.80. The van der Waals surface area contributed by atoms with E-state index >= 15 is 0 Å². The zero-order chi connectivity index (χ0) is 25.4. The molecule has 4 heterocycles. The summed E-state index contributed by atoms with van der Waals surface area (Å²) in [5, 5.41) is 4.60. The lowest BCUT2D eigenvalue weighted by Crippen LogP contribution is -2.55. The third-order valence-corrected chi connectivity index (χ3v) is 6.59. The number of nitrogens with zero attached hydrogens (tertiary/aromatic N) is 6. The average molecular weight is 489 g/mol. The highest BCUT2D eigenvalue weighted by Gasteiger charge is 2.32. The van der Waals surface area contributed by atoms with Crippen LogP contribution in [0.25, 0.3) is 16.9 Å². The van der Waals surface area contributed by atoms with Gasteiger partial charge in [0.15, 0.2) is 22.8 Å². The van der Waals surface area contributed by atoms with Gasteiger partial charge in [-0.25, -0.2) is 9.50 Å². The predicted octanol–water partition coefficient (Wildman–Crippen LogP) is 2.74. The van der Waals surface area contributed by atoms with Gasteiger partial charge in [-0.05, 0) is 43.3 Å². The molecule has 1 aromatic carbocycles. The Labute approximate surface area is 208 Å². The van der Waals surface area contributed by atoms with Crippen molar-refractivity contribution in [3.8, 4) is 22.8 Å². The number of hydrogen-bond acceptors (Lipinski definition) is 6. The van der Waals surface area contributed by atoms with E-state index in [-0.39, 0.29) is 17.9 Å². The van der Waals surface area contributed by atoms with E-state index in [4.69, 9.17) is 9.47 Å². The molecular weight excluding hydrogens is 460 g/mol. The first-order valence-corrected chi connectivity index (χ1v) is 11.7. The molecule has 3 aromatic heterocycles. The number of carbonyl (C=O) groups is 2. The smallest absolute Gasteiger partial charge is 0.274 e. The molecule has 1 fully saturated rings. The number of amides is 2. The molecule has 1 aliphatic rings. The molecule has 0 aliphatic carbocycles. The lowest BCUT2D eigenvalue weighted by Gasteiger charge is -2.39. The Morgan fingerprint density at radius 3 is 2.50 bits per heavy atom. The van der Waals surface area contributed by atoms with Gasteiger partial charge in [-0.3, -0.25) is 9.59 Å². The van der Waals surface area contributed by atoms with E-state index < -0.39 is 0 Å². The van der Waals surface area contributed by atoms with Gasteiger partial charge >= 0.3 is 0 Å². The molecule has 0 radical (unpaired) electrons. The van der Waals surface area contributed by atoms with Gasteiger partial charge in [-0.15, -0.1) is 0 Å². The van der Waals surface area contributed by atoms with Crippen molar-refractivity contribution in [3.05, 3.63) is 66.2 Å². The number of hydrogen-bond donors (Lipinski definition) is 0. The molecule has 1 atom stereocenters. The molecule has 1 unspecified atom stereocenters. The standard InChI is InChI=1S/C26H28N6O4/c1-17-16-30(12-13-31(17)26(34)21-6-5-11-29(21)2)25(33)19-15-24-27-10-9-20(32(24)28-19)18-7-8-22(35-3)23(14-18)36-4/h5-11,14-15,17H,12-13,16H2,1-4H3. The van der Waals surface area contributed by atoms with Crippen LogP contribution in [0.5, 0.6) is 11.5 Å². The monoisotopic (exact) mass is 488 g/mol. The average Bonchev–Trinajstić information content (AvgIpc) is 3.53. The summed E-state index contributed by atoms with van der Waals surface area (Å²) in [6.45, 7) is 3.28. The summed E-state index contributed by atoms with van der Waals surface area (Å²) in [4.78, 5) is 34.3. The molecule has 1 aliphatic heterocycles. The number of ether oxygens (including phenoxy) is 2. The third kappa shape index (κ3) is 4.04. The van der Waals surface area contributed by atoms with E-state index in [1.165, 1.54) is 0 Å². The number of carbonyl (C=O) groups excluding carboxylic acids is 2. The Kier molecular flexibility index (Phi) is 6.09. The zero-order valence-electron chi connectivity index (χ0n) is 20.7. The van der Waals surface area contributed by atoms with Gasteiger partial charge in [-0.2, -0.15) is 5.10 Å². The fourth-order valence-electron chi connectivity index (χ4n) is 4.65. The molecule has 4 aromatic rings. The number of piperazine rings is 1. The molecule has 5 rings (SSSR count). The molecule has 0 saturated carbocycles. The second kappa shape index (κ2) is 9.37. The SMILES string of the molecule is COc1ccc(-c2ccnc3cc(C(=O)N4CCN(C(=O)c5cccn5C)C(C)C4)nn23)cc1OC. The number of benzene rings is 1. The van der Waals surface area contributed by atoms with Crippen molar-refractivity contribution in [2.75, 3.05) is 33.9 Å². The Morgan fingerprint density at radius 2 is 1.81 bits per heavy atom. The minimum absolute atomic E-state index is 0.0291. The number of aromatic nitrogens is 4. The highest BCUT2D eigenvalue weighted by atomic mass is 16.5. The molecule has 1 saturated heterocycles.